The molecule has 1 aliphatic carbocycles. The number of nitrogens with zero attached hydrogens (tertiary/aromatic N) is 1. The van der Waals surface area contributed by atoms with Gasteiger partial charge in [-0.25, -0.2) is 4.79 Å². The van der Waals surface area contributed by atoms with E-state index in [1.807, 2.05) is 61.5 Å². The van der Waals surface area contributed by atoms with Crippen LogP contribution in [0.2, 0.25) is 0 Å². The van der Waals surface area contributed by atoms with E-state index >= 15 is 0 Å². The zero-order valence-electron chi connectivity index (χ0n) is 16.5. The first-order valence-corrected chi connectivity index (χ1v) is 10.1. The first-order chi connectivity index (χ1) is 14.0. The van der Waals surface area contributed by atoms with Gasteiger partial charge in [-0.15, -0.1) is 0 Å². The van der Waals surface area contributed by atoms with Gasteiger partial charge in [0.2, 0.25) is 5.91 Å². The third kappa shape index (κ3) is 3.50. The second-order valence-electron chi connectivity index (χ2n) is 7.85. The standard InChI is InChI=1S/C23H25N3O3/c1-16(17-8-3-2-4-9-17)14-24-20(27)15-26-21(28)23(25-22(26)29)13-7-11-18-10-5-6-12-19(18)23/h2-6,8-10,12,16H,7,11,13-15H2,1H3,(H,24,27)(H,25,29)/t16-,23-/m1/s1. The molecule has 4 rings (SSSR count). The number of benzene rings is 2. The number of carbonyl (C=O) groups is 3. The summed E-state index contributed by atoms with van der Waals surface area (Å²) in [5.74, 6) is -0.529. The molecule has 4 amide bonds. The summed E-state index contributed by atoms with van der Waals surface area (Å²) in [6.45, 7) is 2.20. The Balaban J connectivity index is 1.43. The minimum atomic E-state index is -1.04. The van der Waals surface area contributed by atoms with Crippen molar-refractivity contribution in [2.24, 2.45) is 0 Å². The maximum atomic E-state index is 13.2. The molecule has 150 valence electrons. The van der Waals surface area contributed by atoms with E-state index in [0.29, 0.717) is 13.0 Å². The Labute approximate surface area is 170 Å². The molecule has 1 saturated heterocycles. The highest BCUT2D eigenvalue weighted by Gasteiger charge is 2.54. The van der Waals surface area contributed by atoms with Gasteiger partial charge in [-0.2, -0.15) is 0 Å². The Morgan fingerprint density at radius 1 is 1.14 bits per heavy atom. The lowest BCUT2D eigenvalue weighted by Gasteiger charge is -2.33. The Morgan fingerprint density at radius 2 is 1.86 bits per heavy atom. The predicted molar refractivity (Wildman–Crippen MR) is 109 cm³/mol. The van der Waals surface area contributed by atoms with Gasteiger partial charge in [0.05, 0.1) is 0 Å². The van der Waals surface area contributed by atoms with Crippen LogP contribution in [0.5, 0.6) is 0 Å². The number of hydrogen-bond acceptors (Lipinski definition) is 3. The van der Waals surface area contributed by atoms with E-state index in [1.54, 1.807) is 0 Å². The van der Waals surface area contributed by atoms with E-state index < -0.39 is 11.6 Å². The number of urea groups is 1. The Kier molecular flexibility index (Phi) is 5.09. The summed E-state index contributed by atoms with van der Waals surface area (Å²) in [5, 5.41) is 5.73. The monoisotopic (exact) mass is 391 g/mol. The lowest BCUT2D eigenvalue weighted by molar-refractivity contribution is -0.135. The number of imide groups is 1. The van der Waals surface area contributed by atoms with Crippen LogP contribution in [-0.2, 0) is 21.5 Å². The highest BCUT2D eigenvalue weighted by molar-refractivity contribution is 6.09. The third-order valence-electron chi connectivity index (χ3n) is 5.93. The molecule has 0 bridgehead atoms. The van der Waals surface area contributed by atoms with Gasteiger partial charge >= 0.3 is 6.03 Å². The van der Waals surface area contributed by atoms with Crippen molar-refractivity contribution in [1.82, 2.24) is 15.5 Å². The highest BCUT2D eigenvalue weighted by atomic mass is 16.2. The quantitative estimate of drug-likeness (QED) is 0.770. The van der Waals surface area contributed by atoms with Crippen LogP contribution in [0.1, 0.15) is 42.4 Å². The van der Waals surface area contributed by atoms with Crippen molar-refractivity contribution in [2.45, 2.75) is 37.6 Å². The molecule has 2 aliphatic rings. The molecule has 0 aromatic heterocycles. The van der Waals surface area contributed by atoms with Crippen LogP contribution in [0.25, 0.3) is 0 Å². The molecular weight excluding hydrogens is 366 g/mol. The van der Waals surface area contributed by atoms with Crippen LogP contribution < -0.4 is 10.6 Å². The number of aryl methyl sites for hydroxylation is 1. The molecule has 2 aromatic carbocycles. The molecule has 0 radical (unpaired) electrons. The summed E-state index contributed by atoms with van der Waals surface area (Å²) >= 11 is 0. The summed E-state index contributed by atoms with van der Waals surface area (Å²) in [6, 6.07) is 17.1. The van der Waals surface area contributed by atoms with Crippen molar-refractivity contribution in [3.05, 3.63) is 71.3 Å². The SMILES string of the molecule is C[C@H](CNC(=O)CN1C(=O)N[C@@]2(CCCc3ccccc32)C1=O)c1ccccc1. The summed E-state index contributed by atoms with van der Waals surface area (Å²) in [6.07, 6.45) is 2.26. The van der Waals surface area contributed by atoms with E-state index in [0.717, 1.165) is 34.4 Å². The molecule has 1 heterocycles. The lowest BCUT2D eigenvalue weighted by Crippen LogP contribution is -2.47. The molecule has 0 saturated carbocycles. The molecule has 1 fully saturated rings. The minimum absolute atomic E-state index is 0.139. The first-order valence-electron chi connectivity index (χ1n) is 10.1. The number of carbonyl (C=O) groups excluding carboxylic acids is 3. The van der Waals surface area contributed by atoms with Gasteiger partial charge in [0, 0.05) is 6.54 Å². The number of fused-ring (bicyclic) bond motifs is 2. The zero-order valence-corrected chi connectivity index (χ0v) is 16.5. The van der Waals surface area contributed by atoms with Gasteiger partial charge < -0.3 is 10.6 Å². The fraction of sp³-hybridized carbons (Fsp3) is 0.348. The van der Waals surface area contributed by atoms with Crippen LogP contribution in [0.4, 0.5) is 4.79 Å². The predicted octanol–water partition coefficient (Wildman–Crippen LogP) is 2.69. The van der Waals surface area contributed by atoms with Crippen LogP contribution in [-0.4, -0.2) is 35.8 Å². The summed E-state index contributed by atoms with van der Waals surface area (Å²) < 4.78 is 0. The Morgan fingerprint density at radius 3 is 2.66 bits per heavy atom. The third-order valence-corrected chi connectivity index (χ3v) is 5.93. The summed E-state index contributed by atoms with van der Waals surface area (Å²) in [5.41, 5.74) is 2.02. The van der Waals surface area contributed by atoms with Gasteiger partial charge in [0.15, 0.2) is 0 Å². The van der Waals surface area contributed by atoms with Crippen molar-refractivity contribution in [3.63, 3.8) is 0 Å². The molecule has 1 spiro atoms. The second kappa shape index (κ2) is 7.70. The normalized spacial score (nSPS) is 21.6. The maximum absolute atomic E-state index is 13.2. The van der Waals surface area contributed by atoms with Crippen molar-refractivity contribution in [3.8, 4) is 0 Å². The molecule has 0 unspecified atom stereocenters. The first kappa shape index (κ1) is 19.2. The van der Waals surface area contributed by atoms with Crippen LogP contribution in [0, 0.1) is 0 Å². The number of nitrogens with one attached hydrogen (secondary N) is 2. The number of amides is 4. The number of hydrogen-bond donors (Lipinski definition) is 2. The average molecular weight is 391 g/mol. The van der Waals surface area contributed by atoms with E-state index in [4.69, 9.17) is 0 Å². The minimum Gasteiger partial charge on any atom is -0.354 e. The molecule has 2 aromatic rings. The molecule has 2 N–H and O–H groups in total. The lowest BCUT2D eigenvalue weighted by atomic mass is 9.76. The van der Waals surface area contributed by atoms with Crippen molar-refractivity contribution >= 4 is 17.8 Å². The van der Waals surface area contributed by atoms with Crippen molar-refractivity contribution < 1.29 is 14.4 Å². The van der Waals surface area contributed by atoms with Crippen LogP contribution in [0.3, 0.4) is 0 Å². The summed E-state index contributed by atoms with van der Waals surface area (Å²) in [4.78, 5) is 39.3. The van der Waals surface area contributed by atoms with Gasteiger partial charge in [0.1, 0.15) is 12.1 Å². The average Bonchev–Trinajstić information content (AvgIpc) is 2.97. The smallest absolute Gasteiger partial charge is 0.325 e. The van der Waals surface area contributed by atoms with Gasteiger partial charge in [-0.3, -0.25) is 14.5 Å². The molecule has 29 heavy (non-hydrogen) atoms. The Hall–Kier alpha value is -3.15. The summed E-state index contributed by atoms with van der Waals surface area (Å²) in [7, 11) is 0. The van der Waals surface area contributed by atoms with Gasteiger partial charge in [0.25, 0.3) is 5.91 Å². The van der Waals surface area contributed by atoms with E-state index in [9.17, 15) is 14.4 Å². The highest BCUT2D eigenvalue weighted by Crippen LogP contribution is 2.39. The zero-order chi connectivity index (χ0) is 20.4. The van der Waals surface area contributed by atoms with Crippen molar-refractivity contribution in [2.75, 3.05) is 13.1 Å². The molecular formula is C23H25N3O3. The van der Waals surface area contributed by atoms with Gasteiger partial charge in [-0.1, -0.05) is 61.5 Å². The molecule has 1 aliphatic heterocycles. The fourth-order valence-corrected chi connectivity index (χ4v) is 4.32. The number of rotatable bonds is 5. The van der Waals surface area contributed by atoms with Gasteiger partial charge in [-0.05, 0) is 41.9 Å². The second-order valence-corrected chi connectivity index (χ2v) is 7.85. The van der Waals surface area contributed by atoms with E-state index in [-0.39, 0.29) is 24.3 Å². The Bertz CT molecular complexity index is 943. The van der Waals surface area contributed by atoms with E-state index in [1.165, 1.54) is 0 Å². The maximum Gasteiger partial charge on any atom is 0.325 e. The topological polar surface area (TPSA) is 78.5 Å². The van der Waals surface area contributed by atoms with Crippen LogP contribution >= 0.6 is 0 Å². The fourth-order valence-electron chi connectivity index (χ4n) is 4.32. The molecule has 6 heteroatoms. The molecule has 2 atom stereocenters. The van der Waals surface area contributed by atoms with Crippen molar-refractivity contribution in [1.29, 1.82) is 0 Å². The van der Waals surface area contributed by atoms with Crippen LogP contribution in [0.15, 0.2) is 54.6 Å². The molecule has 6 nitrogen and oxygen atoms in total. The van der Waals surface area contributed by atoms with E-state index in [2.05, 4.69) is 10.6 Å². The largest absolute Gasteiger partial charge is 0.354 e.